The Kier molecular flexibility index (Phi) is 3.70. The summed E-state index contributed by atoms with van der Waals surface area (Å²) in [6.45, 7) is 7.00. The predicted octanol–water partition coefficient (Wildman–Crippen LogP) is 5.21. The van der Waals surface area contributed by atoms with Gasteiger partial charge in [0.25, 0.3) is 0 Å². The monoisotopic (exact) mass is 285 g/mol. The maximum atomic E-state index is 3.83. The Morgan fingerprint density at radius 1 is 1.20 bits per heavy atom. The summed E-state index contributed by atoms with van der Waals surface area (Å²) in [6.07, 6.45) is 2.47. The number of fused-ring (bicyclic) bond motifs is 1. The molecule has 1 aromatic carbocycles. The second kappa shape index (κ2) is 5.34. The van der Waals surface area contributed by atoms with E-state index in [4.69, 9.17) is 0 Å². The van der Waals surface area contributed by atoms with Crippen molar-refractivity contribution in [3.63, 3.8) is 0 Å². The maximum absolute atomic E-state index is 3.83. The first-order valence-electron chi connectivity index (χ1n) is 7.47. The summed E-state index contributed by atoms with van der Waals surface area (Å²) in [5.41, 5.74) is 3.32. The number of nitrogens with one attached hydrogen (secondary N) is 1. The minimum Gasteiger partial charge on any atom is -0.303 e. The van der Waals surface area contributed by atoms with Gasteiger partial charge in [0, 0.05) is 17.0 Å². The Hall–Kier alpha value is -1.12. The highest BCUT2D eigenvalue weighted by atomic mass is 32.1. The zero-order chi connectivity index (χ0) is 14.2. The number of hydrogen-bond donors (Lipinski definition) is 1. The highest BCUT2D eigenvalue weighted by Gasteiger charge is 2.32. The number of benzene rings is 1. The van der Waals surface area contributed by atoms with Crippen molar-refractivity contribution in [2.45, 2.75) is 51.1 Å². The molecule has 2 atom stereocenters. The van der Waals surface area contributed by atoms with Crippen LogP contribution in [0.3, 0.4) is 0 Å². The van der Waals surface area contributed by atoms with Crippen LogP contribution in [0.1, 0.15) is 61.7 Å². The van der Waals surface area contributed by atoms with Gasteiger partial charge in [-0.2, -0.15) is 0 Å². The third-order valence-electron chi connectivity index (χ3n) is 4.54. The molecule has 0 amide bonds. The van der Waals surface area contributed by atoms with E-state index >= 15 is 0 Å². The largest absolute Gasteiger partial charge is 0.303 e. The van der Waals surface area contributed by atoms with Crippen molar-refractivity contribution < 1.29 is 0 Å². The quantitative estimate of drug-likeness (QED) is 0.816. The third kappa shape index (κ3) is 2.55. The van der Waals surface area contributed by atoms with E-state index in [1.807, 2.05) is 11.3 Å². The predicted molar refractivity (Wildman–Crippen MR) is 87.3 cm³/mol. The van der Waals surface area contributed by atoms with Crippen LogP contribution in [0.5, 0.6) is 0 Å². The van der Waals surface area contributed by atoms with Crippen LogP contribution in [0.2, 0.25) is 0 Å². The Balaban J connectivity index is 1.85. The molecule has 1 unspecified atom stereocenters. The van der Waals surface area contributed by atoms with Gasteiger partial charge in [-0.15, -0.1) is 11.3 Å². The van der Waals surface area contributed by atoms with E-state index in [1.54, 1.807) is 0 Å². The molecule has 1 N–H and O–H groups in total. The van der Waals surface area contributed by atoms with Crippen LogP contribution in [-0.4, -0.2) is 0 Å². The molecule has 2 heteroatoms. The highest BCUT2D eigenvalue weighted by molar-refractivity contribution is 7.10. The maximum Gasteiger partial charge on any atom is 0.0391 e. The van der Waals surface area contributed by atoms with Crippen LogP contribution in [0.25, 0.3) is 0 Å². The van der Waals surface area contributed by atoms with Gasteiger partial charge in [-0.25, -0.2) is 0 Å². The SMILES string of the molecule is C[C@@H](NC1CCC(C)(C)c2ccccc21)c1cccs1. The van der Waals surface area contributed by atoms with Crippen LogP contribution in [-0.2, 0) is 5.41 Å². The van der Waals surface area contributed by atoms with Gasteiger partial charge in [0.2, 0.25) is 0 Å². The molecule has 0 saturated heterocycles. The molecule has 1 aliphatic carbocycles. The molecule has 0 aliphatic heterocycles. The molecule has 3 rings (SSSR count). The molecule has 1 aromatic heterocycles. The lowest BCUT2D eigenvalue weighted by Gasteiger charge is -2.38. The molecule has 1 heterocycles. The average molecular weight is 285 g/mol. The molecular weight excluding hydrogens is 262 g/mol. The summed E-state index contributed by atoms with van der Waals surface area (Å²) < 4.78 is 0. The van der Waals surface area contributed by atoms with Crippen LogP contribution in [0.4, 0.5) is 0 Å². The molecule has 106 valence electrons. The molecule has 1 aliphatic rings. The normalized spacial score (nSPS) is 22.2. The Morgan fingerprint density at radius 2 is 2.00 bits per heavy atom. The average Bonchev–Trinajstić information content (AvgIpc) is 2.96. The molecule has 0 radical (unpaired) electrons. The number of thiophene rings is 1. The van der Waals surface area contributed by atoms with Gasteiger partial charge < -0.3 is 5.32 Å². The molecule has 0 bridgehead atoms. The first-order valence-corrected chi connectivity index (χ1v) is 8.35. The van der Waals surface area contributed by atoms with Crippen molar-refractivity contribution in [1.82, 2.24) is 5.32 Å². The van der Waals surface area contributed by atoms with E-state index in [-0.39, 0.29) is 0 Å². The first kappa shape index (κ1) is 13.8. The second-order valence-corrected chi connectivity index (χ2v) is 7.45. The molecular formula is C18H23NS. The third-order valence-corrected chi connectivity index (χ3v) is 5.60. The number of hydrogen-bond acceptors (Lipinski definition) is 2. The lowest BCUT2D eigenvalue weighted by atomic mass is 9.71. The topological polar surface area (TPSA) is 12.0 Å². The van der Waals surface area contributed by atoms with Crippen molar-refractivity contribution in [2.75, 3.05) is 0 Å². The summed E-state index contributed by atoms with van der Waals surface area (Å²) >= 11 is 1.84. The Morgan fingerprint density at radius 3 is 2.75 bits per heavy atom. The summed E-state index contributed by atoms with van der Waals surface area (Å²) in [6, 6.07) is 14.2. The van der Waals surface area contributed by atoms with Gasteiger partial charge in [0.05, 0.1) is 0 Å². The van der Waals surface area contributed by atoms with E-state index in [1.165, 1.54) is 28.8 Å². The minimum atomic E-state index is 0.306. The van der Waals surface area contributed by atoms with Crippen LogP contribution in [0, 0.1) is 0 Å². The van der Waals surface area contributed by atoms with E-state index < -0.39 is 0 Å². The fourth-order valence-electron chi connectivity index (χ4n) is 3.31. The van der Waals surface area contributed by atoms with Gasteiger partial charge in [-0.1, -0.05) is 44.2 Å². The smallest absolute Gasteiger partial charge is 0.0391 e. The van der Waals surface area contributed by atoms with Gasteiger partial charge in [0.1, 0.15) is 0 Å². The molecule has 2 aromatic rings. The summed E-state index contributed by atoms with van der Waals surface area (Å²) in [7, 11) is 0. The zero-order valence-corrected chi connectivity index (χ0v) is 13.3. The fraction of sp³-hybridized carbons (Fsp3) is 0.444. The van der Waals surface area contributed by atoms with Crippen molar-refractivity contribution in [3.05, 3.63) is 57.8 Å². The standard InChI is InChI=1S/C18H23NS/c1-13(17-9-6-12-20-17)19-16-10-11-18(2,3)15-8-5-4-7-14(15)16/h4-9,12-13,16,19H,10-11H2,1-3H3/t13-,16?/m1/s1. The molecule has 0 fully saturated rings. The first-order chi connectivity index (χ1) is 9.58. The zero-order valence-electron chi connectivity index (χ0n) is 12.5. The van der Waals surface area contributed by atoms with Gasteiger partial charge in [0.15, 0.2) is 0 Å². The Bertz CT molecular complexity index is 571. The van der Waals surface area contributed by atoms with Gasteiger partial charge >= 0.3 is 0 Å². The summed E-state index contributed by atoms with van der Waals surface area (Å²) in [4.78, 5) is 1.42. The van der Waals surface area contributed by atoms with Crippen molar-refractivity contribution in [1.29, 1.82) is 0 Å². The summed E-state index contributed by atoms with van der Waals surface area (Å²) in [5, 5.41) is 5.98. The van der Waals surface area contributed by atoms with E-state index in [0.29, 0.717) is 17.5 Å². The van der Waals surface area contributed by atoms with Crippen molar-refractivity contribution in [3.8, 4) is 0 Å². The van der Waals surface area contributed by atoms with Crippen LogP contribution < -0.4 is 5.32 Å². The van der Waals surface area contributed by atoms with Crippen molar-refractivity contribution >= 4 is 11.3 Å². The second-order valence-electron chi connectivity index (χ2n) is 6.47. The number of rotatable bonds is 3. The lowest BCUT2D eigenvalue weighted by molar-refractivity contribution is 0.341. The van der Waals surface area contributed by atoms with Crippen molar-refractivity contribution in [2.24, 2.45) is 0 Å². The lowest BCUT2D eigenvalue weighted by Crippen LogP contribution is -2.33. The Labute approximate surface area is 126 Å². The minimum absolute atomic E-state index is 0.306. The molecule has 0 spiro atoms. The van der Waals surface area contributed by atoms with Gasteiger partial charge in [-0.3, -0.25) is 0 Å². The molecule has 0 saturated carbocycles. The van der Waals surface area contributed by atoms with E-state index in [9.17, 15) is 0 Å². The van der Waals surface area contributed by atoms with Crippen LogP contribution >= 0.6 is 11.3 Å². The van der Waals surface area contributed by atoms with E-state index in [0.717, 1.165) is 0 Å². The van der Waals surface area contributed by atoms with E-state index in [2.05, 4.69) is 67.9 Å². The van der Waals surface area contributed by atoms with Crippen LogP contribution in [0.15, 0.2) is 41.8 Å². The summed E-state index contributed by atoms with van der Waals surface area (Å²) in [5.74, 6) is 0. The van der Waals surface area contributed by atoms with Gasteiger partial charge in [-0.05, 0) is 47.8 Å². The molecule has 20 heavy (non-hydrogen) atoms. The highest BCUT2D eigenvalue weighted by Crippen LogP contribution is 2.42. The fourth-order valence-corrected chi connectivity index (χ4v) is 4.05. The molecule has 1 nitrogen and oxygen atoms in total.